The van der Waals surface area contributed by atoms with Crippen LogP contribution >= 0.6 is 11.6 Å². The number of carbonyl (C=O) groups is 3. The number of nitrogens with one attached hydrogen (secondary N) is 2. The van der Waals surface area contributed by atoms with Crippen molar-refractivity contribution >= 4 is 35.2 Å². The first-order chi connectivity index (χ1) is 11.5. The van der Waals surface area contributed by atoms with Crippen LogP contribution < -0.4 is 10.6 Å². The number of imide groups is 1. The maximum absolute atomic E-state index is 12.0. The minimum Gasteiger partial charge on any atom is -0.431 e. The molecule has 1 atom stereocenters. The molecule has 0 bridgehead atoms. The van der Waals surface area contributed by atoms with Crippen molar-refractivity contribution in [2.24, 2.45) is 0 Å². The van der Waals surface area contributed by atoms with Crippen LogP contribution in [-0.2, 0) is 20.7 Å². The summed E-state index contributed by atoms with van der Waals surface area (Å²) in [5.74, 6) is -0.687. The van der Waals surface area contributed by atoms with Gasteiger partial charge in [0.05, 0.1) is 6.42 Å². The fourth-order valence-corrected chi connectivity index (χ4v) is 2.57. The molecule has 1 fully saturated rings. The molecular weight excluding hydrogens is 332 g/mol. The molecule has 0 radical (unpaired) electrons. The van der Waals surface area contributed by atoms with Gasteiger partial charge in [0.25, 0.3) is 5.91 Å². The third-order valence-corrected chi connectivity index (χ3v) is 3.67. The predicted molar refractivity (Wildman–Crippen MR) is 87.6 cm³/mol. The van der Waals surface area contributed by atoms with Crippen molar-refractivity contribution in [2.75, 3.05) is 5.32 Å². The molecule has 2 aromatic carbocycles. The van der Waals surface area contributed by atoms with Gasteiger partial charge in [-0.3, -0.25) is 14.9 Å². The van der Waals surface area contributed by atoms with Crippen molar-refractivity contribution in [1.82, 2.24) is 5.32 Å². The summed E-state index contributed by atoms with van der Waals surface area (Å²) in [6, 6.07) is 13.6. The second-order valence-corrected chi connectivity index (χ2v) is 5.69. The highest BCUT2D eigenvalue weighted by molar-refractivity contribution is 6.30. The monoisotopic (exact) mass is 344 g/mol. The summed E-state index contributed by atoms with van der Waals surface area (Å²) in [6.07, 6.45) is -1.51. The number of halogens is 1. The van der Waals surface area contributed by atoms with Crippen LogP contribution in [0.5, 0.6) is 0 Å². The second-order valence-electron chi connectivity index (χ2n) is 5.25. The van der Waals surface area contributed by atoms with Crippen LogP contribution in [0, 0.1) is 0 Å². The Labute approximate surface area is 142 Å². The number of hydrogen-bond donors (Lipinski definition) is 2. The summed E-state index contributed by atoms with van der Waals surface area (Å²) >= 11 is 5.89. The molecule has 24 heavy (non-hydrogen) atoms. The van der Waals surface area contributed by atoms with E-state index in [1.165, 1.54) is 0 Å². The topological polar surface area (TPSA) is 84.5 Å². The Kier molecular flexibility index (Phi) is 4.48. The Morgan fingerprint density at radius 2 is 1.92 bits per heavy atom. The molecule has 2 N–H and O–H groups in total. The van der Waals surface area contributed by atoms with Crippen LogP contribution in [-0.4, -0.2) is 17.9 Å². The number of rotatable bonds is 4. The Morgan fingerprint density at radius 3 is 2.54 bits per heavy atom. The Bertz CT molecular complexity index is 804. The van der Waals surface area contributed by atoms with Crippen molar-refractivity contribution in [3.63, 3.8) is 0 Å². The highest BCUT2D eigenvalue weighted by Gasteiger charge is 2.33. The molecule has 0 aliphatic carbocycles. The highest BCUT2D eigenvalue weighted by Crippen LogP contribution is 2.23. The zero-order valence-corrected chi connectivity index (χ0v) is 13.2. The summed E-state index contributed by atoms with van der Waals surface area (Å²) in [4.78, 5) is 34.6. The van der Waals surface area contributed by atoms with Crippen molar-refractivity contribution < 1.29 is 19.1 Å². The van der Waals surface area contributed by atoms with Gasteiger partial charge in [-0.2, -0.15) is 0 Å². The number of ether oxygens (including phenoxy) is 1. The first kappa shape index (κ1) is 16.0. The molecule has 3 amide bonds. The number of cyclic esters (lactones) is 1. The van der Waals surface area contributed by atoms with Gasteiger partial charge in [0, 0.05) is 16.3 Å². The van der Waals surface area contributed by atoms with Gasteiger partial charge < -0.3 is 10.1 Å². The zero-order chi connectivity index (χ0) is 17.1. The summed E-state index contributed by atoms with van der Waals surface area (Å²) in [6.45, 7) is 0. The van der Waals surface area contributed by atoms with Crippen LogP contribution in [0.1, 0.15) is 17.2 Å². The number of alkyl carbamates (subject to hydrolysis) is 1. The summed E-state index contributed by atoms with van der Waals surface area (Å²) in [7, 11) is 0. The molecule has 122 valence electrons. The molecular formula is C17H13ClN2O4. The van der Waals surface area contributed by atoms with E-state index >= 15 is 0 Å². The normalized spacial score (nSPS) is 16.5. The van der Waals surface area contributed by atoms with Gasteiger partial charge in [-0.1, -0.05) is 35.9 Å². The highest BCUT2D eigenvalue weighted by atomic mass is 35.5. The van der Waals surface area contributed by atoms with Gasteiger partial charge in [0.1, 0.15) is 0 Å². The number of anilines is 1. The molecule has 0 saturated carbocycles. The first-order valence-electron chi connectivity index (χ1n) is 7.17. The van der Waals surface area contributed by atoms with E-state index in [9.17, 15) is 14.4 Å². The molecule has 0 spiro atoms. The van der Waals surface area contributed by atoms with E-state index in [1.54, 1.807) is 42.5 Å². The van der Waals surface area contributed by atoms with E-state index in [-0.39, 0.29) is 12.3 Å². The van der Waals surface area contributed by atoms with Crippen LogP contribution in [0.25, 0.3) is 0 Å². The average Bonchev–Trinajstić information content (AvgIpc) is 2.86. The van der Waals surface area contributed by atoms with Gasteiger partial charge in [-0.25, -0.2) is 4.79 Å². The van der Waals surface area contributed by atoms with Crippen molar-refractivity contribution in [3.05, 3.63) is 64.7 Å². The van der Waals surface area contributed by atoms with Crippen molar-refractivity contribution in [1.29, 1.82) is 0 Å². The van der Waals surface area contributed by atoms with E-state index in [2.05, 4.69) is 10.6 Å². The quantitative estimate of drug-likeness (QED) is 0.893. The molecule has 1 saturated heterocycles. The SMILES string of the molecule is O=C(Cc1cccc(Cl)c1)Nc1ccc(C2OC(=O)NC2=O)cc1. The molecule has 6 nitrogen and oxygen atoms in total. The maximum Gasteiger partial charge on any atom is 0.415 e. The third kappa shape index (κ3) is 3.72. The Balaban J connectivity index is 1.63. The van der Waals surface area contributed by atoms with Crippen LogP contribution in [0.15, 0.2) is 48.5 Å². The Hall–Kier alpha value is -2.86. The van der Waals surface area contributed by atoms with Gasteiger partial charge in [0.15, 0.2) is 0 Å². The lowest BCUT2D eigenvalue weighted by Crippen LogP contribution is -2.20. The fraction of sp³-hybridized carbons (Fsp3) is 0.118. The molecule has 2 aromatic rings. The molecule has 1 unspecified atom stereocenters. The van der Waals surface area contributed by atoms with E-state index in [0.29, 0.717) is 16.3 Å². The second kappa shape index (κ2) is 6.72. The molecule has 3 rings (SSSR count). The fourth-order valence-electron chi connectivity index (χ4n) is 2.35. The molecule has 1 aliphatic heterocycles. The number of carbonyl (C=O) groups excluding carboxylic acids is 3. The van der Waals surface area contributed by atoms with E-state index in [1.807, 2.05) is 6.07 Å². The van der Waals surface area contributed by atoms with Crippen molar-refractivity contribution in [2.45, 2.75) is 12.5 Å². The lowest BCUT2D eigenvalue weighted by Gasteiger charge is -2.09. The lowest BCUT2D eigenvalue weighted by atomic mass is 10.1. The third-order valence-electron chi connectivity index (χ3n) is 3.44. The minimum atomic E-state index is -0.950. The van der Waals surface area contributed by atoms with E-state index in [4.69, 9.17) is 16.3 Å². The predicted octanol–water partition coefficient (Wildman–Crippen LogP) is 2.83. The smallest absolute Gasteiger partial charge is 0.415 e. The molecule has 0 aromatic heterocycles. The molecule has 7 heteroatoms. The number of hydrogen-bond acceptors (Lipinski definition) is 4. The van der Waals surface area contributed by atoms with Crippen LogP contribution in [0.3, 0.4) is 0 Å². The van der Waals surface area contributed by atoms with Crippen molar-refractivity contribution in [3.8, 4) is 0 Å². The maximum atomic E-state index is 12.0. The molecule has 1 aliphatic rings. The van der Waals surface area contributed by atoms with Gasteiger partial charge in [0.2, 0.25) is 12.0 Å². The van der Waals surface area contributed by atoms with Crippen LogP contribution in [0.2, 0.25) is 5.02 Å². The van der Waals surface area contributed by atoms with E-state index in [0.717, 1.165) is 5.56 Å². The largest absolute Gasteiger partial charge is 0.431 e. The summed E-state index contributed by atoms with van der Waals surface area (Å²) in [5, 5.41) is 5.40. The first-order valence-corrected chi connectivity index (χ1v) is 7.55. The zero-order valence-electron chi connectivity index (χ0n) is 12.4. The van der Waals surface area contributed by atoms with Crippen LogP contribution in [0.4, 0.5) is 10.5 Å². The lowest BCUT2D eigenvalue weighted by molar-refractivity contribution is -0.123. The van der Waals surface area contributed by atoms with E-state index < -0.39 is 18.1 Å². The van der Waals surface area contributed by atoms with Gasteiger partial charge >= 0.3 is 6.09 Å². The summed E-state index contributed by atoms with van der Waals surface area (Å²) < 4.78 is 4.87. The van der Waals surface area contributed by atoms with Gasteiger partial charge in [-0.15, -0.1) is 0 Å². The number of benzene rings is 2. The van der Waals surface area contributed by atoms with Gasteiger partial charge in [-0.05, 0) is 29.8 Å². The summed E-state index contributed by atoms with van der Waals surface area (Å²) in [5.41, 5.74) is 1.92. The average molecular weight is 345 g/mol. The molecule has 1 heterocycles. The minimum absolute atomic E-state index is 0.185. The standard InChI is InChI=1S/C17H13ClN2O4/c18-12-3-1-2-10(8-12)9-14(21)19-13-6-4-11(5-7-13)15-16(22)20-17(23)24-15/h1-8,15H,9H2,(H,19,21)(H,20,22,23). The Morgan fingerprint density at radius 1 is 1.17 bits per heavy atom. The number of amides is 3.